The zero-order valence-electron chi connectivity index (χ0n) is 10.9. The van der Waals surface area contributed by atoms with Crippen molar-refractivity contribution in [3.63, 3.8) is 0 Å². The Balaban J connectivity index is 2.75. The summed E-state index contributed by atoms with van der Waals surface area (Å²) in [5, 5.41) is 11.8. The third-order valence-corrected chi connectivity index (χ3v) is 2.11. The number of nitriles is 1. The SMILES string of the molecule is CN(CCC#N)c1cc(NC(C)(C)C)ncn1. The summed E-state index contributed by atoms with van der Waals surface area (Å²) < 4.78 is 0. The summed E-state index contributed by atoms with van der Waals surface area (Å²) in [6, 6.07) is 4.01. The molecule has 1 heterocycles. The van der Waals surface area contributed by atoms with Gasteiger partial charge in [-0.25, -0.2) is 9.97 Å². The molecule has 0 aliphatic heterocycles. The fourth-order valence-corrected chi connectivity index (χ4v) is 1.34. The summed E-state index contributed by atoms with van der Waals surface area (Å²) in [5.41, 5.74) is -0.0309. The lowest BCUT2D eigenvalue weighted by Gasteiger charge is -2.22. The molecule has 0 saturated heterocycles. The summed E-state index contributed by atoms with van der Waals surface area (Å²) in [6.45, 7) is 6.90. The first-order valence-electron chi connectivity index (χ1n) is 5.61. The number of aromatic nitrogens is 2. The van der Waals surface area contributed by atoms with Crippen molar-refractivity contribution in [2.45, 2.75) is 32.7 Å². The fourth-order valence-electron chi connectivity index (χ4n) is 1.34. The van der Waals surface area contributed by atoms with E-state index in [4.69, 9.17) is 5.26 Å². The Morgan fingerprint density at radius 1 is 1.41 bits per heavy atom. The second-order valence-electron chi connectivity index (χ2n) is 4.97. The van der Waals surface area contributed by atoms with Gasteiger partial charge in [-0.15, -0.1) is 0 Å². The van der Waals surface area contributed by atoms with E-state index < -0.39 is 0 Å². The number of nitrogens with zero attached hydrogens (tertiary/aromatic N) is 4. The zero-order valence-corrected chi connectivity index (χ0v) is 10.9. The lowest BCUT2D eigenvalue weighted by atomic mass is 10.1. The minimum absolute atomic E-state index is 0.0309. The van der Waals surface area contributed by atoms with Crippen LogP contribution in [0.2, 0.25) is 0 Å². The standard InChI is InChI=1S/C12H19N5/c1-12(2,3)16-10-8-11(15-9-14-10)17(4)7-5-6-13/h8-9H,5,7H2,1-4H3,(H,14,15,16). The van der Waals surface area contributed by atoms with Crippen LogP contribution in [0.5, 0.6) is 0 Å². The highest BCUT2D eigenvalue weighted by molar-refractivity contribution is 5.48. The Hall–Kier alpha value is -1.83. The number of anilines is 2. The quantitative estimate of drug-likeness (QED) is 0.862. The lowest BCUT2D eigenvalue weighted by Crippen LogP contribution is -2.27. The Kier molecular flexibility index (Phi) is 4.27. The summed E-state index contributed by atoms with van der Waals surface area (Å²) in [5.74, 6) is 1.62. The van der Waals surface area contributed by atoms with E-state index >= 15 is 0 Å². The van der Waals surface area contributed by atoms with Gasteiger partial charge in [-0.2, -0.15) is 5.26 Å². The monoisotopic (exact) mass is 233 g/mol. The van der Waals surface area contributed by atoms with Crippen LogP contribution in [0.25, 0.3) is 0 Å². The Labute approximate surface area is 102 Å². The van der Waals surface area contributed by atoms with Gasteiger partial charge in [-0.1, -0.05) is 0 Å². The van der Waals surface area contributed by atoms with Gasteiger partial charge in [-0.3, -0.25) is 0 Å². The number of nitrogens with one attached hydrogen (secondary N) is 1. The summed E-state index contributed by atoms with van der Waals surface area (Å²) in [7, 11) is 1.92. The van der Waals surface area contributed by atoms with Crippen LogP contribution >= 0.6 is 0 Å². The van der Waals surface area contributed by atoms with Crippen LogP contribution < -0.4 is 10.2 Å². The summed E-state index contributed by atoms with van der Waals surface area (Å²) in [6.07, 6.45) is 2.02. The van der Waals surface area contributed by atoms with Crippen LogP contribution in [0, 0.1) is 11.3 Å². The van der Waals surface area contributed by atoms with E-state index in [9.17, 15) is 0 Å². The van der Waals surface area contributed by atoms with Crippen LogP contribution in [-0.4, -0.2) is 29.1 Å². The van der Waals surface area contributed by atoms with Gasteiger partial charge in [0.1, 0.15) is 18.0 Å². The minimum Gasteiger partial charge on any atom is -0.365 e. The van der Waals surface area contributed by atoms with Gasteiger partial charge in [0.2, 0.25) is 0 Å². The second kappa shape index (κ2) is 5.48. The van der Waals surface area contributed by atoms with Crippen molar-refractivity contribution in [1.82, 2.24) is 9.97 Å². The molecule has 0 atom stereocenters. The predicted molar refractivity (Wildman–Crippen MR) is 68.9 cm³/mol. The molecule has 0 amide bonds. The maximum atomic E-state index is 8.55. The third-order valence-electron chi connectivity index (χ3n) is 2.11. The van der Waals surface area contributed by atoms with E-state index in [2.05, 4.69) is 42.1 Å². The average molecular weight is 233 g/mol. The molecule has 17 heavy (non-hydrogen) atoms. The first-order valence-corrected chi connectivity index (χ1v) is 5.61. The molecule has 1 N–H and O–H groups in total. The fraction of sp³-hybridized carbons (Fsp3) is 0.583. The lowest BCUT2D eigenvalue weighted by molar-refractivity contribution is 0.630. The Bertz CT molecular complexity index is 402. The molecule has 0 unspecified atom stereocenters. The van der Waals surface area contributed by atoms with Crippen molar-refractivity contribution in [2.75, 3.05) is 23.8 Å². The molecule has 0 spiro atoms. The molecule has 92 valence electrons. The van der Waals surface area contributed by atoms with E-state index in [1.54, 1.807) is 0 Å². The first-order chi connectivity index (χ1) is 7.92. The molecule has 5 nitrogen and oxygen atoms in total. The van der Waals surface area contributed by atoms with Crippen LogP contribution in [0.15, 0.2) is 12.4 Å². The minimum atomic E-state index is -0.0309. The van der Waals surface area contributed by atoms with E-state index in [-0.39, 0.29) is 5.54 Å². The molecule has 0 aliphatic rings. The van der Waals surface area contributed by atoms with E-state index in [1.807, 2.05) is 18.0 Å². The van der Waals surface area contributed by atoms with Crippen molar-refractivity contribution in [3.8, 4) is 6.07 Å². The average Bonchev–Trinajstić information content (AvgIpc) is 2.24. The van der Waals surface area contributed by atoms with Crippen LogP contribution in [0.3, 0.4) is 0 Å². The highest BCUT2D eigenvalue weighted by Crippen LogP contribution is 2.16. The molecule has 1 rings (SSSR count). The molecule has 0 fully saturated rings. The van der Waals surface area contributed by atoms with Gasteiger partial charge in [0, 0.05) is 25.2 Å². The van der Waals surface area contributed by atoms with Crippen LogP contribution in [-0.2, 0) is 0 Å². The highest BCUT2D eigenvalue weighted by Gasteiger charge is 2.11. The summed E-state index contributed by atoms with van der Waals surface area (Å²) >= 11 is 0. The first kappa shape index (κ1) is 13.2. The summed E-state index contributed by atoms with van der Waals surface area (Å²) in [4.78, 5) is 10.3. The van der Waals surface area contributed by atoms with Crippen molar-refractivity contribution in [2.24, 2.45) is 0 Å². The molecule has 0 radical (unpaired) electrons. The third kappa shape index (κ3) is 4.68. The molecule has 0 bridgehead atoms. The van der Waals surface area contributed by atoms with Crippen molar-refractivity contribution < 1.29 is 0 Å². The van der Waals surface area contributed by atoms with Crippen LogP contribution in [0.4, 0.5) is 11.6 Å². The van der Waals surface area contributed by atoms with E-state index in [0.29, 0.717) is 13.0 Å². The largest absolute Gasteiger partial charge is 0.365 e. The molecule has 0 aromatic carbocycles. The topological polar surface area (TPSA) is 64.8 Å². The molecule has 5 heteroatoms. The van der Waals surface area contributed by atoms with Gasteiger partial charge in [0.05, 0.1) is 12.5 Å². The Morgan fingerprint density at radius 3 is 2.71 bits per heavy atom. The molecule has 1 aromatic heterocycles. The van der Waals surface area contributed by atoms with E-state index in [1.165, 1.54) is 6.33 Å². The van der Waals surface area contributed by atoms with Gasteiger partial charge < -0.3 is 10.2 Å². The molecule has 0 aliphatic carbocycles. The van der Waals surface area contributed by atoms with Crippen molar-refractivity contribution in [3.05, 3.63) is 12.4 Å². The predicted octanol–water partition coefficient (Wildman–Crippen LogP) is 2.04. The maximum Gasteiger partial charge on any atom is 0.133 e. The van der Waals surface area contributed by atoms with Gasteiger partial charge in [0.15, 0.2) is 0 Å². The van der Waals surface area contributed by atoms with Gasteiger partial charge in [0.25, 0.3) is 0 Å². The Morgan fingerprint density at radius 2 is 2.12 bits per heavy atom. The van der Waals surface area contributed by atoms with Gasteiger partial charge >= 0.3 is 0 Å². The number of rotatable bonds is 4. The molecule has 1 aromatic rings. The number of hydrogen-bond donors (Lipinski definition) is 1. The highest BCUT2D eigenvalue weighted by atomic mass is 15.2. The maximum absolute atomic E-state index is 8.55. The van der Waals surface area contributed by atoms with Crippen molar-refractivity contribution >= 4 is 11.6 Å². The van der Waals surface area contributed by atoms with Crippen LogP contribution in [0.1, 0.15) is 27.2 Å². The molecular formula is C12H19N5. The van der Waals surface area contributed by atoms with Crippen molar-refractivity contribution in [1.29, 1.82) is 5.26 Å². The second-order valence-corrected chi connectivity index (χ2v) is 4.97. The smallest absolute Gasteiger partial charge is 0.133 e. The normalized spacial score (nSPS) is 10.8. The molecule has 0 saturated carbocycles. The zero-order chi connectivity index (χ0) is 12.9. The number of hydrogen-bond acceptors (Lipinski definition) is 5. The molecular weight excluding hydrogens is 214 g/mol. The van der Waals surface area contributed by atoms with Gasteiger partial charge in [-0.05, 0) is 20.8 Å². The van der Waals surface area contributed by atoms with E-state index in [0.717, 1.165) is 11.6 Å².